The van der Waals surface area contributed by atoms with Crippen LogP contribution in [0.1, 0.15) is 38.2 Å². The molecule has 1 unspecified atom stereocenters. The van der Waals surface area contributed by atoms with E-state index in [-0.39, 0.29) is 0 Å². The predicted molar refractivity (Wildman–Crippen MR) is 68.0 cm³/mol. The Morgan fingerprint density at radius 2 is 2.06 bits per heavy atom. The average molecular weight is 216 g/mol. The van der Waals surface area contributed by atoms with Gasteiger partial charge in [0, 0.05) is 11.0 Å². The van der Waals surface area contributed by atoms with Crippen LogP contribution in [0.5, 0.6) is 5.75 Å². The second-order valence-electron chi connectivity index (χ2n) is 4.55. The number of para-hydroxylation sites is 1. The molecule has 1 aliphatic carbocycles. The molecule has 1 nitrogen and oxygen atoms in total. The molecule has 0 spiro atoms. The Morgan fingerprint density at radius 3 is 2.69 bits per heavy atom. The Bertz CT molecular complexity index is 381. The van der Waals surface area contributed by atoms with E-state index in [0.717, 1.165) is 12.2 Å². The Labute approximate surface area is 98.1 Å². The van der Waals surface area contributed by atoms with E-state index in [2.05, 4.69) is 37.3 Å². The smallest absolute Gasteiger partial charge is 0.122 e. The van der Waals surface area contributed by atoms with Crippen molar-refractivity contribution in [3.63, 3.8) is 0 Å². The quantitative estimate of drug-likeness (QED) is 0.692. The van der Waals surface area contributed by atoms with Gasteiger partial charge in [0.2, 0.25) is 0 Å². The first-order valence-corrected chi connectivity index (χ1v) is 6.11. The lowest BCUT2D eigenvalue weighted by Gasteiger charge is -2.35. The zero-order valence-electron chi connectivity index (χ0n) is 10.2. The molecule has 0 bridgehead atoms. The molecular weight excluding hydrogens is 196 g/mol. The first-order valence-electron chi connectivity index (χ1n) is 6.11. The monoisotopic (exact) mass is 216 g/mol. The molecule has 1 aliphatic rings. The zero-order chi connectivity index (χ0) is 11.4. The van der Waals surface area contributed by atoms with Gasteiger partial charge >= 0.3 is 0 Å². The second-order valence-corrected chi connectivity index (χ2v) is 4.55. The van der Waals surface area contributed by atoms with Crippen LogP contribution < -0.4 is 4.74 Å². The third kappa shape index (κ3) is 1.87. The molecule has 1 heteroatoms. The molecule has 0 N–H and O–H groups in total. The van der Waals surface area contributed by atoms with Crippen molar-refractivity contribution in [2.24, 2.45) is 0 Å². The van der Waals surface area contributed by atoms with Crippen molar-refractivity contribution >= 4 is 0 Å². The van der Waals surface area contributed by atoms with E-state index in [1.165, 1.54) is 24.8 Å². The van der Waals surface area contributed by atoms with E-state index in [1.54, 1.807) is 7.11 Å². The fourth-order valence-electron chi connectivity index (χ4n) is 2.73. The summed E-state index contributed by atoms with van der Waals surface area (Å²) in [6.45, 7) is 2.28. The lowest BCUT2D eigenvalue weighted by atomic mass is 9.69. The molecule has 16 heavy (non-hydrogen) atoms. The molecule has 0 aromatic heterocycles. The Kier molecular flexibility index (Phi) is 3.33. The van der Waals surface area contributed by atoms with E-state index in [9.17, 15) is 0 Å². The van der Waals surface area contributed by atoms with Crippen LogP contribution in [0.4, 0.5) is 0 Å². The third-order valence-corrected chi connectivity index (χ3v) is 3.82. The van der Waals surface area contributed by atoms with Crippen LogP contribution in [0, 0.1) is 0 Å². The fraction of sp³-hybridized carbons (Fsp3) is 0.467. The highest BCUT2D eigenvalue weighted by Crippen LogP contribution is 2.43. The lowest BCUT2D eigenvalue weighted by molar-refractivity contribution is 0.341. The topological polar surface area (TPSA) is 9.23 Å². The summed E-state index contributed by atoms with van der Waals surface area (Å²) in [5.41, 5.74) is 1.67. The van der Waals surface area contributed by atoms with Crippen molar-refractivity contribution in [2.45, 2.75) is 38.0 Å². The van der Waals surface area contributed by atoms with Crippen molar-refractivity contribution in [1.82, 2.24) is 0 Å². The van der Waals surface area contributed by atoms with Crippen LogP contribution in [0.3, 0.4) is 0 Å². The number of allylic oxidation sites excluding steroid dienone is 2. The maximum Gasteiger partial charge on any atom is 0.122 e. The summed E-state index contributed by atoms with van der Waals surface area (Å²) in [6, 6.07) is 8.46. The van der Waals surface area contributed by atoms with Gasteiger partial charge < -0.3 is 4.74 Å². The van der Waals surface area contributed by atoms with Gasteiger partial charge in [-0.15, -0.1) is 0 Å². The van der Waals surface area contributed by atoms with Gasteiger partial charge in [-0.3, -0.25) is 0 Å². The summed E-state index contributed by atoms with van der Waals surface area (Å²) in [4.78, 5) is 0. The van der Waals surface area contributed by atoms with Gasteiger partial charge in [0.15, 0.2) is 0 Å². The highest BCUT2D eigenvalue weighted by molar-refractivity contribution is 5.40. The van der Waals surface area contributed by atoms with Crippen LogP contribution in [0.15, 0.2) is 36.4 Å². The summed E-state index contributed by atoms with van der Waals surface area (Å²) >= 11 is 0. The first kappa shape index (κ1) is 11.3. The number of benzene rings is 1. The molecule has 0 heterocycles. The van der Waals surface area contributed by atoms with Crippen molar-refractivity contribution in [3.05, 3.63) is 42.0 Å². The summed E-state index contributed by atoms with van der Waals surface area (Å²) in [6.07, 6.45) is 9.36. The van der Waals surface area contributed by atoms with Gasteiger partial charge in [-0.25, -0.2) is 0 Å². The third-order valence-electron chi connectivity index (χ3n) is 3.82. The second kappa shape index (κ2) is 4.73. The summed E-state index contributed by atoms with van der Waals surface area (Å²) < 4.78 is 5.50. The zero-order valence-corrected chi connectivity index (χ0v) is 10.2. The molecule has 0 radical (unpaired) electrons. The van der Waals surface area contributed by atoms with E-state index in [1.807, 2.05) is 6.07 Å². The number of methoxy groups -OCH3 is 1. The minimum Gasteiger partial charge on any atom is -0.496 e. The molecule has 1 aromatic carbocycles. The van der Waals surface area contributed by atoms with Crippen molar-refractivity contribution in [2.75, 3.05) is 7.11 Å². The van der Waals surface area contributed by atoms with Gasteiger partial charge in [0.05, 0.1) is 7.11 Å². The highest BCUT2D eigenvalue weighted by Gasteiger charge is 2.32. The predicted octanol–water partition coefficient (Wildman–Crippen LogP) is 4.08. The van der Waals surface area contributed by atoms with Crippen molar-refractivity contribution < 1.29 is 4.74 Å². The molecule has 0 amide bonds. The van der Waals surface area contributed by atoms with Crippen LogP contribution in [-0.4, -0.2) is 7.11 Å². The maximum atomic E-state index is 5.50. The molecule has 1 aromatic rings. The number of ether oxygens (including phenoxy) is 1. The van der Waals surface area contributed by atoms with E-state index in [4.69, 9.17) is 4.74 Å². The Morgan fingerprint density at radius 1 is 1.25 bits per heavy atom. The van der Waals surface area contributed by atoms with Crippen LogP contribution >= 0.6 is 0 Å². The SMILES string of the molecule is CCC1(c2ccccc2OC)CC=CCC1. The summed E-state index contributed by atoms with van der Waals surface area (Å²) in [5, 5.41) is 0. The molecular formula is C15H20O. The average Bonchev–Trinajstić information content (AvgIpc) is 2.39. The van der Waals surface area contributed by atoms with Crippen molar-refractivity contribution in [3.8, 4) is 5.75 Å². The molecule has 86 valence electrons. The highest BCUT2D eigenvalue weighted by atomic mass is 16.5. The standard InChI is InChI=1S/C15H20O/c1-3-15(11-7-4-8-12-15)13-9-5-6-10-14(13)16-2/h4-7,9-10H,3,8,11-12H2,1-2H3. The van der Waals surface area contributed by atoms with Crippen molar-refractivity contribution in [1.29, 1.82) is 0 Å². The van der Waals surface area contributed by atoms with Gasteiger partial charge in [-0.1, -0.05) is 37.3 Å². The largest absolute Gasteiger partial charge is 0.496 e. The normalized spacial score (nSPS) is 24.4. The van der Waals surface area contributed by atoms with Gasteiger partial charge in [-0.05, 0) is 31.7 Å². The molecule has 2 rings (SSSR count). The molecule has 1 atom stereocenters. The number of hydrogen-bond acceptors (Lipinski definition) is 1. The fourth-order valence-corrected chi connectivity index (χ4v) is 2.73. The van der Waals surface area contributed by atoms with Crippen LogP contribution in [0.25, 0.3) is 0 Å². The minimum absolute atomic E-state index is 0.293. The van der Waals surface area contributed by atoms with Crippen LogP contribution in [0.2, 0.25) is 0 Å². The van der Waals surface area contributed by atoms with Gasteiger partial charge in [0.25, 0.3) is 0 Å². The van der Waals surface area contributed by atoms with E-state index in [0.29, 0.717) is 5.41 Å². The van der Waals surface area contributed by atoms with Crippen LogP contribution in [-0.2, 0) is 5.41 Å². The van der Waals surface area contributed by atoms with E-state index >= 15 is 0 Å². The summed E-state index contributed by atoms with van der Waals surface area (Å²) in [7, 11) is 1.76. The molecule has 0 saturated carbocycles. The van der Waals surface area contributed by atoms with Gasteiger partial charge in [0.1, 0.15) is 5.75 Å². The molecule has 0 fully saturated rings. The lowest BCUT2D eigenvalue weighted by Crippen LogP contribution is -2.26. The Balaban J connectivity index is 2.43. The number of rotatable bonds is 3. The summed E-state index contributed by atoms with van der Waals surface area (Å²) in [5.74, 6) is 1.04. The Hall–Kier alpha value is -1.24. The van der Waals surface area contributed by atoms with E-state index < -0.39 is 0 Å². The first-order chi connectivity index (χ1) is 7.82. The number of hydrogen-bond donors (Lipinski definition) is 0. The van der Waals surface area contributed by atoms with Gasteiger partial charge in [-0.2, -0.15) is 0 Å². The molecule has 0 saturated heterocycles. The molecule has 0 aliphatic heterocycles. The maximum absolute atomic E-state index is 5.50. The minimum atomic E-state index is 0.293.